The monoisotopic (exact) mass is 1070 g/mol. The van der Waals surface area contributed by atoms with Crippen LogP contribution in [0.15, 0.2) is 71.3 Å². The Morgan fingerprint density at radius 1 is 0.795 bits per heavy atom. The van der Waals surface area contributed by atoms with Gasteiger partial charge in [-0.05, 0) is 80.7 Å². The highest BCUT2D eigenvalue weighted by molar-refractivity contribution is 7.85. The van der Waals surface area contributed by atoms with Crippen LogP contribution in [0.4, 0.5) is 11.4 Å². The van der Waals surface area contributed by atoms with Crippen LogP contribution in [0.25, 0.3) is 5.57 Å². The van der Waals surface area contributed by atoms with Crippen molar-refractivity contribution < 1.29 is 84.0 Å². The van der Waals surface area contributed by atoms with Crippen LogP contribution >= 0.6 is 0 Å². The standard InChI is InChI=1S/C50H73N3O18S2/c1-5-39(42-14-12-40(37-45(42)54)51(20-22-65-28-30-69-34-32-67-26-24-63-3)21-23-66-29-31-70-35-33-68-27-25-64-4)9-6-10-46-50(2,18-7-11-49(57)71-53-47(55)16-17-48(53)56)43-38-41(73(60,61)62)13-15-44(43)52(46)19-8-36-72(58)59/h5-6,9-10,12-15,37-38,54H,7-8,11,16-36H2,1-4H3,(H,58,59)(H,60,61,62)/b9-6+,39-5-,46-10-. The van der Waals surface area contributed by atoms with Gasteiger partial charge < -0.3 is 62.2 Å². The zero-order valence-electron chi connectivity index (χ0n) is 42.4. The number of anilines is 2. The third-order valence-corrected chi connectivity index (χ3v) is 13.3. The van der Waals surface area contributed by atoms with Crippen molar-refractivity contribution in [2.75, 3.05) is 142 Å². The van der Waals surface area contributed by atoms with Gasteiger partial charge in [-0.25, -0.2) is 9.00 Å². The van der Waals surface area contributed by atoms with E-state index in [1.54, 1.807) is 38.5 Å². The molecule has 2 aromatic rings. The number of carbonyl (C=O) groups is 3. The largest absolute Gasteiger partial charge is 0.507 e. The molecular formula is C50H73N3O18S2. The number of hydroxylamine groups is 2. The van der Waals surface area contributed by atoms with Crippen LogP contribution in [-0.2, 0) is 83.7 Å². The maximum atomic E-state index is 12.9. The molecule has 2 atom stereocenters. The zero-order chi connectivity index (χ0) is 53.1. The number of fused-ring (bicyclic) bond motifs is 1. The van der Waals surface area contributed by atoms with Gasteiger partial charge in [-0.1, -0.05) is 18.2 Å². The van der Waals surface area contributed by atoms with Crippen LogP contribution in [0.1, 0.15) is 63.5 Å². The molecule has 0 saturated carbocycles. The summed E-state index contributed by atoms with van der Waals surface area (Å²) in [5.41, 5.74) is 2.68. The molecule has 408 valence electrons. The van der Waals surface area contributed by atoms with E-state index in [1.165, 1.54) is 12.1 Å². The summed E-state index contributed by atoms with van der Waals surface area (Å²) in [7, 11) is -1.41. The Morgan fingerprint density at radius 3 is 1.85 bits per heavy atom. The number of benzene rings is 2. The second-order valence-corrected chi connectivity index (χ2v) is 19.4. The molecule has 2 aliphatic heterocycles. The number of amides is 2. The number of ether oxygens (including phenoxy) is 8. The van der Waals surface area contributed by atoms with E-state index >= 15 is 0 Å². The predicted octanol–water partition coefficient (Wildman–Crippen LogP) is 4.85. The van der Waals surface area contributed by atoms with Crippen molar-refractivity contribution in [2.45, 2.75) is 62.7 Å². The molecule has 21 nitrogen and oxygen atoms in total. The Bertz CT molecular complexity index is 2250. The van der Waals surface area contributed by atoms with E-state index in [0.29, 0.717) is 139 Å². The molecule has 23 heteroatoms. The molecule has 0 bridgehead atoms. The van der Waals surface area contributed by atoms with Crippen LogP contribution in [0.5, 0.6) is 5.75 Å². The van der Waals surface area contributed by atoms with E-state index in [0.717, 1.165) is 5.69 Å². The predicted molar refractivity (Wildman–Crippen MR) is 272 cm³/mol. The summed E-state index contributed by atoms with van der Waals surface area (Å²) in [6.45, 7) is 11.0. The molecule has 0 aromatic heterocycles. The number of imide groups is 1. The van der Waals surface area contributed by atoms with Crippen LogP contribution in [0, 0.1) is 0 Å². The third-order valence-electron chi connectivity index (χ3n) is 11.8. The SMILES string of the molecule is C/C=C(/C=C/C=C1\N(CCCS(=O)O)c2ccc(S(=O)(=O)O)cc2C1(C)CCCC(=O)ON1C(=O)CCC1=O)c1ccc(N(CCOCCOCCOCCOC)CCOCCOCCOCCOC)cc1O. The molecule has 2 amide bonds. The number of hydrogen-bond acceptors (Lipinski definition) is 18. The number of aromatic hydroxyl groups is 1. The lowest BCUT2D eigenvalue weighted by Crippen LogP contribution is -2.32. The average Bonchev–Trinajstić information content (AvgIpc) is 3.79. The van der Waals surface area contributed by atoms with Gasteiger partial charge in [0.05, 0.1) is 103 Å². The van der Waals surface area contributed by atoms with Gasteiger partial charge in [0.25, 0.3) is 21.9 Å². The number of hydrogen-bond donors (Lipinski definition) is 3. The number of nitrogens with zero attached hydrogens (tertiary/aromatic N) is 3. The van der Waals surface area contributed by atoms with Gasteiger partial charge in [0, 0.05) is 87.2 Å². The first-order chi connectivity index (χ1) is 35.1. The first-order valence-electron chi connectivity index (χ1n) is 24.3. The lowest BCUT2D eigenvalue weighted by atomic mass is 9.77. The number of allylic oxidation sites excluding steroid dienone is 6. The highest BCUT2D eigenvalue weighted by Crippen LogP contribution is 2.51. The van der Waals surface area contributed by atoms with E-state index in [1.807, 2.05) is 47.9 Å². The fraction of sp³-hybridized carbons (Fsp3) is 0.580. The lowest BCUT2D eigenvalue weighted by Gasteiger charge is -2.30. The van der Waals surface area contributed by atoms with Crippen molar-refractivity contribution in [3.63, 3.8) is 0 Å². The molecule has 2 aliphatic rings. The fourth-order valence-electron chi connectivity index (χ4n) is 8.07. The fourth-order valence-corrected chi connectivity index (χ4v) is 8.95. The molecule has 0 spiro atoms. The minimum atomic E-state index is -4.63. The Kier molecular flexibility index (Phi) is 27.2. The van der Waals surface area contributed by atoms with Crippen molar-refractivity contribution in [1.82, 2.24) is 5.06 Å². The van der Waals surface area contributed by atoms with E-state index in [2.05, 4.69) is 0 Å². The first kappa shape index (κ1) is 60.9. The van der Waals surface area contributed by atoms with Crippen molar-refractivity contribution in [1.29, 1.82) is 0 Å². The van der Waals surface area contributed by atoms with Gasteiger partial charge in [-0.3, -0.25) is 14.1 Å². The van der Waals surface area contributed by atoms with Gasteiger partial charge in [-0.2, -0.15) is 8.42 Å². The topological polar surface area (TPSA) is 256 Å². The molecular weight excluding hydrogens is 995 g/mol. The number of methoxy groups -OCH3 is 2. The maximum absolute atomic E-state index is 12.9. The van der Waals surface area contributed by atoms with Crippen molar-refractivity contribution >= 4 is 55.9 Å². The molecule has 1 saturated heterocycles. The third kappa shape index (κ3) is 20.2. The molecule has 1 fully saturated rings. The number of phenols is 1. The van der Waals surface area contributed by atoms with Gasteiger partial charge in [-0.15, -0.1) is 5.06 Å². The Balaban J connectivity index is 1.53. The molecule has 2 unspecified atom stereocenters. The average molecular weight is 1070 g/mol. The molecule has 73 heavy (non-hydrogen) atoms. The molecule has 4 rings (SSSR count). The second kappa shape index (κ2) is 32.6. The lowest BCUT2D eigenvalue weighted by molar-refractivity contribution is -0.197. The van der Waals surface area contributed by atoms with Crippen LogP contribution in [0.2, 0.25) is 0 Å². The van der Waals surface area contributed by atoms with Crippen molar-refractivity contribution in [2.24, 2.45) is 0 Å². The summed E-state index contributed by atoms with van der Waals surface area (Å²) in [5, 5.41) is 12.0. The van der Waals surface area contributed by atoms with Gasteiger partial charge in [0.1, 0.15) is 5.75 Å². The number of rotatable bonds is 38. The summed E-state index contributed by atoms with van der Waals surface area (Å²) in [6, 6.07) is 9.60. The van der Waals surface area contributed by atoms with Gasteiger partial charge in [0.2, 0.25) is 0 Å². The van der Waals surface area contributed by atoms with Gasteiger partial charge in [0.15, 0.2) is 11.1 Å². The number of carbonyl (C=O) groups excluding carboxylic acids is 3. The smallest absolute Gasteiger partial charge is 0.333 e. The summed E-state index contributed by atoms with van der Waals surface area (Å²) >= 11 is -2.08. The van der Waals surface area contributed by atoms with E-state index < -0.39 is 44.4 Å². The van der Waals surface area contributed by atoms with E-state index in [4.69, 9.17) is 42.7 Å². The minimum absolute atomic E-state index is 0.00988. The molecule has 2 aromatic carbocycles. The quantitative estimate of drug-likeness (QED) is 0.0267. The van der Waals surface area contributed by atoms with Crippen LogP contribution < -0.4 is 9.80 Å². The van der Waals surface area contributed by atoms with Crippen LogP contribution in [0.3, 0.4) is 0 Å². The van der Waals surface area contributed by atoms with Crippen molar-refractivity contribution in [3.05, 3.63) is 77.5 Å². The highest BCUT2D eigenvalue weighted by Gasteiger charge is 2.44. The summed E-state index contributed by atoms with van der Waals surface area (Å²) < 4.78 is 100. The Hall–Kier alpha value is -4.63. The van der Waals surface area contributed by atoms with E-state index in [9.17, 15) is 41.2 Å². The van der Waals surface area contributed by atoms with Gasteiger partial charge >= 0.3 is 5.97 Å². The number of phenolic OH excluding ortho intramolecular Hbond substituents is 1. The Morgan fingerprint density at radius 2 is 1.34 bits per heavy atom. The maximum Gasteiger partial charge on any atom is 0.333 e. The summed E-state index contributed by atoms with van der Waals surface area (Å²) in [5.74, 6) is -2.04. The molecule has 0 aliphatic carbocycles. The van der Waals surface area contributed by atoms with Crippen molar-refractivity contribution in [3.8, 4) is 5.75 Å². The molecule has 0 radical (unpaired) electrons. The van der Waals surface area contributed by atoms with E-state index in [-0.39, 0.29) is 61.5 Å². The minimum Gasteiger partial charge on any atom is -0.507 e. The molecule has 2 heterocycles. The first-order valence-corrected chi connectivity index (χ1v) is 27.0. The van der Waals surface area contributed by atoms with Crippen LogP contribution in [-0.4, -0.2) is 182 Å². The normalized spacial score (nSPS) is 17.1. The summed E-state index contributed by atoms with van der Waals surface area (Å²) in [4.78, 5) is 45.8. The second-order valence-electron chi connectivity index (χ2n) is 16.9. The zero-order valence-corrected chi connectivity index (χ0v) is 44.0. The molecule has 3 N–H and O–H groups in total. The highest BCUT2D eigenvalue weighted by atomic mass is 32.2. The summed E-state index contributed by atoms with van der Waals surface area (Å²) in [6.07, 6.45) is 7.62. The Labute approximate surface area is 431 Å².